The predicted octanol–water partition coefficient (Wildman–Crippen LogP) is 0.0135. The second-order valence-electron chi connectivity index (χ2n) is 6.75. The molecule has 2 N–H and O–H groups in total. The van der Waals surface area contributed by atoms with Crippen LogP contribution in [0.4, 0.5) is 0 Å². The summed E-state index contributed by atoms with van der Waals surface area (Å²) in [5.74, 6) is 0.334. The van der Waals surface area contributed by atoms with E-state index >= 15 is 0 Å². The second-order valence-corrected chi connectivity index (χ2v) is 8.52. The van der Waals surface area contributed by atoms with Crippen molar-refractivity contribution in [2.75, 3.05) is 0 Å². The summed E-state index contributed by atoms with van der Waals surface area (Å²) in [6, 6.07) is 8.76. The fraction of sp³-hybridized carbons (Fsp3) is 0.438. The third-order valence-corrected chi connectivity index (χ3v) is 6.16. The summed E-state index contributed by atoms with van der Waals surface area (Å²) in [7, 11) is 0. The van der Waals surface area contributed by atoms with E-state index in [0.29, 0.717) is 5.82 Å². The average molecular weight is 382 g/mol. The van der Waals surface area contributed by atoms with Gasteiger partial charge in [-0.3, -0.25) is 9.59 Å². The first-order valence-electron chi connectivity index (χ1n) is 8.04. The predicted molar refractivity (Wildman–Crippen MR) is 98.4 cm³/mol. The molecule has 132 valence electrons. The molecule has 2 amide bonds. The molecule has 3 atom stereocenters. The van der Waals surface area contributed by atoms with Crippen molar-refractivity contribution >= 4 is 53.1 Å². The van der Waals surface area contributed by atoms with Crippen molar-refractivity contribution in [1.29, 1.82) is 0 Å². The SMILES string of the molecule is CC1(C)S[C@H]2C(NC(=O)Cc3ccccc3)C(=O)N2C1c1nnn[nH]1.[NaH]. The second kappa shape index (κ2) is 7.30. The van der Waals surface area contributed by atoms with Crippen LogP contribution in [0, 0.1) is 0 Å². The maximum absolute atomic E-state index is 12.6. The number of carbonyl (C=O) groups excluding carboxylic acids is 2. The van der Waals surface area contributed by atoms with Crippen molar-refractivity contribution < 1.29 is 9.59 Å². The molecule has 26 heavy (non-hydrogen) atoms. The van der Waals surface area contributed by atoms with Gasteiger partial charge in [-0.1, -0.05) is 30.3 Å². The van der Waals surface area contributed by atoms with Gasteiger partial charge >= 0.3 is 29.6 Å². The zero-order valence-electron chi connectivity index (χ0n) is 13.8. The molecule has 2 fully saturated rings. The monoisotopic (exact) mass is 382 g/mol. The summed E-state index contributed by atoms with van der Waals surface area (Å²) < 4.78 is -0.250. The van der Waals surface area contributed by atoms with Crippen LogP contribution in [-0.2, 0) is 16.0 Å². The summed E-state index contributed by atoms with van der Waals surface area (Å²) in [6.07, 6.45) is 0.265. The number of carbonyl (C=O) groups is 2. The normalized spacial score (nSPS) is 25.8. The van der Waals surface area contributed by atoms with Gasteiger partial charge < -0.3 is 10.2 Å². The van der Waals surface area contributed by atoms with E-state index in [4.69, 9.17) is 0 Å². The number of fused-ring (bicyclic) bond motifs is 1. The van der Waals surface area contributed by atoms with Crippen LogP contribution in [0.3, 0.4) is 0 Å². The van der Waals surface area contributed by atoms with E-state index in [1.54, 1.807) is 16.7 Å². The van der Waals surface area contributed by atoms with Crippen molar-refractivity contribution in [1.82, 2.24) is 30.8 Å². The number of hydrogen-bond donors (Lipinski definition) is 2. The zero-order chi connectivity index (χ0) is 17.6. The number of aromatic amines is 1. The number of thioether (sulfide) groups is 1. The Morgan fingerprint density at radius 1 is 1.35 bits per heavy atom. The van der Waals surface area contributed by atoms with Crippen molar-refractivity contribution in [3.05, 3.63) is 41.7 Å². The number of tetrazole rings is 1. The number of rotatable bonds is 4. The van der Waals surface area contributed by atoms with E-state index in [-0.39, 0.29) is 64.0 Å². The molecule has 2 unspecified atom stereocenters. The Hall–Kier alpha value is -1.42. The van der Waals surface area contributed by atoms with Gasteiger partial charge in [0.1, 0.15) is 17.5 Å². The molecule has 10 heteroatoms. The molecule has 4 rings (SSSR count). The Bertz CT molecular complexity index is 800. The molecule has 0 spiro atoms. The van der Waals surface area contributed by atoms with Crippen LogP contribution in [0.1, 0.15) is 31.3 Å². The maximum atomic E-state index is 12.6. The Kier molecular flexibility index (Phi) is 5.43. The quantitative estimate of drug-likeness (QED) is 0.570. The first kappa shape index (κ1) is 19.3. The van der Waals surface area contributed by atoms with Crippen LogP contribution in [0.25, 0.3) is 0 Å². The molecule has 0 aliphatic carbocycles. The number of amides is 2. The van der Waals surface area contributed by atoms with E-state index in [1.807, 2.05) is 30.3 Å². The summed E-state index contributed by atoms with van der Waals surface area (Å²) >= 11 is 1.66. The molecule has 8 nitrogen and oxygen atoms in total. The van der Waals surface area contributed by atoms with E-state index in [1.165, 1.54) is 0 Å². The number of nitrogens with one attached hydrogen (secondary N) is 2. The molecular weight excluding hydrogens is 363 g/mol. The number of β-lactam (4-membered cyclic amide) rings is 1. The topological polar surface area (TPSA) is 104 Å². The van der Waals surface area contributed by atoms with Gasteiger partial charge in [-0.15, -0.1) is 16.9 Å². The van der Waals surface area contributed by atoms with Crippen molar-refractivity contribution in [3.8, 4) is 0 Å². The minimum atomic E-state index is -0.499. The van der Waals surface area contributed by atoms with Gasteiger partial charge in [0, 0.05) is 4.75 Å². The first-order valence-corrected chi connectivity index (χ1v) is 8.92. The molecular formula is C16H19N6NaO2S. The van der Waals surface area contributed by atoms with Crippen LogP contribution in [-0.4, -0.2) is 83.1 Å². The van der Waals surface area contributed by atoms with Gasteiger partial charge in [-0.25, -0.2) is 5.10 Å². The molecule has 2 saturated heterocycles. The molecule has 2 aliphatic heterocycles. The van der Waals surface area contributed by atoms with Gasteiger partial charge in [0.25, 0.3) is 0 Å². The average Bonchev–Trinajstić information content (AvgIpc) is 3.18. The van der Waals surface area contributed by atoms with Gasteiger partial charge in [0.15, 0.2) is 5.82 Å². The number of nitrogens with zero attached hydrogens (tertiary/aromatic N) is 4. The van der Waals surface area contributed by atoms with E-state index in [0.717, 1.165) is 5.56 Å². The Morgan fingerprint density at radius 2 is 2.08 bits per heavy atom. The molecule has 3 heterocycles. The van der Waals surface area contributed by atoms with Crippen LogP contribution < -0.4 is 5.32 Å². The van der Waals surface area contributed by atoms with Gasteiger partial charge in [-0.2, -0.15) is 0 Å². The van der Waals surface area contributed by atoms with E-state index < -0.39 is 6.04 Å². The van der Waals surface area contributed by atoms with Crippen LogP contribution >= 0.6 is 11.8 Å². The van der Waals surface area contributed by atoms with Gasteiger partial charge in [0.05, 0.1) is 6.42 Å². The van der Waals surface area contributed by atoms with Gasteiger partial charge in [0.2, 0.25) is 11.8 Å². The van der Waals surface area contributed by atoms with Crippen LogP contribution in [0.15, 0.2) is 30.3 Å². The first-order chi connectivity index (χ1) is 12.0. The fourth-order valence-corrected chi connectivity index (χ4v) is 5.11. The van der Waals surface area contributed by atoms with Crippen molar-refractivity contribution in [2.45, 2.75) is 42.5 Å². The van der Waals surface area contributed by atoms with E-state index in [9.17, 15) is 9.59 Å². The van der Waals surface area contributed by atoms with Crippen LogP contribution in [0.5, 0.6) is 0 Å². The molecule has 0 bridgehead atoms. The molecule has 1 aromatic heterocycles. The number of benzene rings is 1. The summed E-state index contributed by atoms with van der Waals surface area (Å²) in [5, 5.41) is 16.8. The third-order valence-electron chi connectivity index (χ3n) is 4.59. The molecule has 2 aromatic rings. The molecule has 0 saturated carbocycles. The Balaban J connectivity index is 0.00000196. The van der Waals surface area contributed by atoms with Crippen LogP contribution in [0.2, 0.25) is 0 Å². The minimum absolute atomic E-state index is 0. The molecule has 0 radical (unpaired) electrons. The summed E-state index contributed by atoms with van der Waals surface area (Å²) in [5.41, 5.74) is 0.925. The zero-order valence-corrected chi connectivity index (χ0v) is 14.7. The van der Waals surface area contributed by atoms with Crippen molar-refractivity contribution in [3.63, 3.8) is 0 Å². The van der Waals surface area contributed by atoms with Gasteiger partial charge in [-0.05, 0) is 29.8 Å². The Labute approximate surface area is 177 Å². The Morgan fingerprint density at radius 3 is 2.73 bits per heavy atom. The third kappa shape index (κ3) is 3.28. The number of H-pyrrole nitrogens is 1. The summed E-state index contributed by atoms with van der Waals surface area (Å²) in [6.45, 7) is 4.11. The molecule has 2 aliphatic rings. The molecule has 1 aromatic carbocycles. The summed E-state index contributed by atoms with van der Waals surface area (Å²) in [4.78, 5) is 26.7. The number of hydrogen-bond acceptors (Lipinski definition) is 6. The van der Waals surface area contributed by atoms with E-state index in [2.05, 4.69) is 39.8 Å². The standard InChI is InChI=1S/C16H18N6O2S.Na.H/c1-16(2)12(13-18-20-21-19-13)22-14(24)11(15(22)25-16)17-10(23)8-9-6-4-3-5-7-9;;/h3-7,11-12,15H,8H2,1-2H3,(H,17,23)(H,18,19,20,21);;/t11?,12?,15-;;/m0../s1. The van der Waals surface area contributed by atoms with Crippen molar-refractivity contribution in [2.24, 2.45) is 0 Å². The fourth-order valence-electron chi connectivity index (χ4n) is 3.48. The number of aromatic nitrogens is 4.